The van der Waals surface area contributed by atoms with Gasteiger partial charge in [0.05, 0.1) is 27.3 Å². The van der Waals surface area contributed by atoms with Crippen molar-refractivity contribution < 1.29 is 4.79 Å². The van der Waals surface area contributed by atoms with E-state index in [4.69, 9.17) is 0 Å². The molecule has 1 aliphatic rings. The minimum Gasteiger partial charge on any atom is -0.328 e. The van der Waals surface area contributed by atoms with Crippen LogP contribution in [0, 0.1) is 13.8 Å². The Morgan fingerprint density at radius 2 is 1.90 bits per heavy atom. The molecule has 29 heavy (non-hydrogen) atoms. The molecule has 0 saturated heterocycles. The number of aryl methyl sites for hydroxylation is 2. The van der Waals surface area contributed by atoms with Crippen molar-refractivity contribution in [2.75, 3.05) is 10.8 Å². The first kappa shape index (κ1) is 20.0. The number of rotatable bonds is 3. The van der Waals surface area contributed by atoms with Gasteiger partial charge in [-0.25, -0.2) is 9.78 Å². The third-order valence-corrected chi connectivity index (χ3v) is 7.38. The van der Waals surface area contributed by atoms with Crippen molar-refractivity contribution in [3.8, 4) is 0 Å². The number of amides is 2. The van der Waals surface area contributed by atoms with Gasteiger partial charge in [0, 0.05) is 5.56 Å². The summed E-state index contributed by atoms with van der Waals surface area (Å²) in [7, 11) is 0. The van der Waals surface area contributed by atoms with Gasteiger partial charge in [-0.15, -0.1) is 11.3 Å². The molecule has 6 heteroatoms. The quantitative estimate of drug-likeness (QED) is 0.393. The van der Waals surface area contributed by atoms with E-state index in [1.807, 2.05) is 23.1 Å². The monoisotopic (exact) mass is 423 g/mol. The Morgan fingerprint density at radius 3 is 2.66 bits per heavy atom. The topological polar surface area (TPSA) is 45.2 Å². The number of thioether (sulfide) groups is 1. The van der Waals surface area contributed by atoms with Crippen LogP contribution in [0.1, 0.15) is 37.5 Å². The number of thiazole rings is 1. The Balaban J connectivity index is 1.53. The second-order valence-corrected chi connectivity index (χ2v) is 10.2. The Morgan fingerprint density at radius 1 is 1.17 bits per heavy atom. The number of nitrogens with one attached hydrogen (secondary N) is 1. The summed E-state index contributed by atoms with van der Waals surface area (Å²) in [5, 5.41) is 3.08. The van der Waals surface area contributed by atoms with Crippen LogP contribution in [0.2, 0.25) is 0 Å². The first-order valence-electron chi connectivity index (χ1n) is 9.64. The van der Waals surface area contributed by atoms with Gasteiger partial charge in [-0.05, 0) is 75.6 Å². The number of carbonyl (C=O) groups excluding carboxylic acids is 1. The summed E-state index contributed by atoms with van der Waals surface area (Å²) in [6.45, 7) is 10.5. The molecule has 1 aliphatic heterocycles. The average molecular weight is 424 g/mol. The molecule has 1 aromatic heterocycles. The van der Waals surface area contributed by atoms with Crippen LogP contribution >= 0.6 is 23.1 Å². The highest BCUT2D eigenvalue weighted by atomic mass is 32.2. The van der Waals surface area contributed by atoms with E-state index in [1.54, 1.807) is 23.1 Å². The molecule has 3 aromatic rings. The summed E-state index contributed by atoms with van der Waals surface area (Å²) >= 11 is 3.21. The lowest BCUT2D eigenvalue weighted by molar-refractivity contribution is 0.244. The molecule has 1 N–H and O–H groups in total. The van der Waals surface area contributed by atoms with Gasteiger partial charge in [0.25, 0.3) is 0 Å². The molecule has 0 atom stereocenters. The van der Waals surface area contributed by atoms with Crippen molar-refractivity contribution in [3.63, 3.8) is 0 Å². The lowest BCUT2D eigenvalue weighted by Crippen LogP contribution is -2.53. The fraction of sp³-hybridized carbons (Fsp3) is 0.304. The summed E-state index contributed by atoms with van der Waals surface area (Å²) in [4.78, 5) is 19.7. The van der Waals surface area contributed by atoms with E-state index < -0.39 is 5.54 Å². The molecule has 0 fully saturated rings. The number of urea groups is 1. The zero-order valence-corrected chi connectivity index (χ0v) is 19.0. The predicted octanol–water partition coefficient (Wildman–Crippen LogP) is 6.37. The lowest BCUT2D eigenvalue weighted by Gasteiger charge is -2.41. The summed E-state index contributed by atoms with van der Waals surface area (Å²) in [5.74, 6) is 0.480. The maximum absolute atomic E-state index is 13.2. The van der Waals surface area contributed by atoms with Gasteiger partial charge >= 0.3 is 6.03 Å². The van der Waals surface area contributed by atoms with Crippen LogP contribution in [-0.2, 0) is 0 Å². The van der Waals surface area contributed by atoms with E-state index in [2.05, 4.69) is 69.2 Å². The molecular weight excluding hydrogens is 398 g/mol. The number of hydrogen-bond donors (Lipinski definition) is 1. The molecule has 0 spiro atoms. The number of para-hydroxylation sites is 1. The SMILES string of the molecule is CC1=CC(C)(C)N(C(=O)NCSc2nc3ccccc3s2)c2cc(C)c(C)cc21. The highest BCUT2D eigenvalue weighted by Gasteiger charge is 2.36. The number of aromatic nitrogens is 1. The van der Waals surface area contributed by atoms with Crippen LogP contribution in [0.15, 0.2) is 46.8 Å². The van der Waals surface area contributed by atoms with E-state index in [0.29, 0.717) is 5.88 Å². The van der Waals surface area contributed by atoms with Crippen LogP contribution < -0.4 is 10.2 Å². The van der Waals surface area contributed by atoms with Crippen LogP contribution in [-0.4, -0.2) is 22.4 Å². The maximum atomic E-state index is 13.2. The van der Waals surface area contributed by atoms with E-state index in [9.17, 15) is 4.79 Å². The zero-order valence-electron chi connectivity index (χ0n) is 17.4. The third-order valence-electron chi connectivity index (χ3n) is 5.32. The normalized spacial score (nSPS) is 15.2. The maximum Gasteiger partial charge on any atom is 0.323 e. The van der Waals surface area contributed by atoms with E-state index in [-0.39, 0.29) is 6.03 Å². The Labute approximate surface area is 180 Å². The second-order valence-electron chi connectivity index (χ2n) is 7.99. The van der Waals surface area contributed by atoms with Crippen LogP contribution in [0.25, 0.3) is 15.8 Å². The molecule has 0 unspecified atom stereocenters. The third kappa shape index (κ3) is 3.79. The molecule has 4 rings (SSSR count). The van der Waals surface area contributed by atoms with Gasteiger partial charge in [-0.1, -0.05) is 30.0 Å². The molecule has 2 amide bonds. The van der Waals surface area contributed by atoms with Crippen LogP contribution in [0.3, 0.4) is 0 Å². The molecule has 0 radical (unpaired) electrons. The second kappa shape index (κ2) is 7.50. The van der Waals surface area contributed by atoms with E-state index >= 15 is 0 Å². The number of anilines is 1. The first-order valence-corrected chi connectivity index (χ1v) is 11.4. The minimum absolute atomic E-state index is 0.0862. The first-order chi connectivity index (χ1) is 13.8. The van der Waals surface area contributed by atoms with Crippen molar-refractivity contribution >= 4 is 50.6 Å². The van der Waals surface area contributed by atoms with Gasteiger partial charge in [0.1, 0.15) is 0 Å². The van der Waals surface area contributed by atoms with Gasteiger partial charge in [-0.2, -0.15) is 0 Å². The standard InChI is InChI=1S/C23H25N3OS2/c1-14-10-17-16(3)12-23(4,5)26(19(17)11-15(14)2)21(27)24-13-28-22-25-18-8-6-7-9-20(18)29-22/h6-12H,13H2,1-5H3,(H,24,27). The highest BCUT2D eigenvalue weighted by molar-refractivity contribution is 8.01. The summed E-state index contributed by atoms with van der Waals surface area (Å²) in [6.07, 6.45) is 2.17. The van der Waals surface area contributed by atoms with Gasteiger partial charge in [0.2, 0.25) is 0 Å². The molecule has 2 aromatic carbocycles. The lowest BCUT2D eigenvalue weighted by atomic mass is 9.87. The van der Waals surface area contributed by atoms with Gasteiger partial charge < -0.3 is 5.32 Å². The van der Waals surface area contributed by atoms with E-state index in [0.717, 1.165) is 21.1 Å². The molecule has 0 aliphatic carbocycles. The largest absolute Gasteiger partial charge is 0.328 e. The van der Waals surface area contributed by atoms with Gasteiger partial charge in [0.15, 0.2) is 4.34 Å². The molecule has 2 heterocycles. The van der Waals surface area contributed by atoms with Gasteiger partial charge in [-0.3, -0.25) is 4.90 Å². The van der Waals surface area contributed by atoms with Crippen LogP contribution in [0.5, 0.6) is 0 Å². The van der Waals surface area contributed by atoms with Crippen molar-refractivity contribution in [2.45, 2.75) is 44.5 Å². The number of fused-ring (bicyclic) bond motifs is 2. The molecule has 0 bridgehead atoms. The van der Waals surface area contributed by atoms with Crippen molar-refractivity contribution in [1.82, 2.24) is 10.3 Å². The van der Waals surface area contributed by atoms with Crippen molar-refractivity contribution in [3.05, 3.63) is 59.2 Å². The summed E-state index contributed by atoms with van der Waals surface area (Å²) in [5.41, 5.74) is 6.34. The molecular formula is C23H25N3OS2. The fourth-order valence-electron chi connectivity index (χ4n) is 3.81. The number of allylic oxidation sites excluding steroid dienone is 1. The average Bonchev–Trinajstić information content (AvgIpc) is 3.05. The predicted molar refractivity (Wildman–Crippen MR) is 125 cm³/mol. The van der Waals surface area contributed by atoms with Crippen LogP contribution in [0.4, 0.5) is 10.5 Å². The van der Waals surface area contributed by atoms with Crippen molar-refractivity contribution in [1.29, 1.82) is 0 Å². The molecule has 150 valence electrons. The summed E-state index contributed by atoms with van der Waals surface area (Å²) < 4.78 is 2.13. The highest BCUT2D eigenvalue weighted by Crippen LogP contribution is 2.40. The molecule has 0 saturated carbocycles. The number of hydrogen-bond acceptors (Lipinski definition) is 4. The minimum atomic E-state index is -0.399. The number of nitrogens with zero attached hydrogens (tertiary/aromatic N) is 2. The van der Waals surface area contributed by atoms with E-state index in [1.165, 1.54) is 21.4 Å². The number of benzene rings is 2. The van der Waals surface area contributed by atoms with Crippen molar-refractivity contribution in [2.24, 2.45) is 0 Å². The molecule has 4 nitrogen and oxygen atoms in total. The smallest absolute Gasteiger partial charge is 0.323 e. The Hall–Kier alpha value is -2.31. The number of carbonyl (C=O) groups is 1. The Bertz CT molecular complexity index is 1100. The fourth-order valence-corrected chi connectivity index (χ4v) is 5.67. The Kier molecular flexibility index (Phi) is 5.17. The zero-order chi connectivity index (χ0) is 20.8. The summed E-state index contributed by atoms with van der Waals surface area (Å²) in [6, 6.07) is 12.3.